The zero-order valence-corrected chi connectivity index (χ0v) is 20.4. The van der Waals surface area contributed by atoms with E-state index in [-0.39, 0.29) is 25.8 Å². The minimum absolute atomic E-state index is 0.0826. The highest BCUT2D eigenvalue weighted by Crippen LogP contribution is 2.34. The molecule has 1 heterocycles. The fraction of sp³-hybridized carbons (Fsp3) is 0.462. The third-order valence-electron chi connectivity index (χ3n) is 6.12. The summed E-state index contributed by atoms with van der Waals surface area (Å²) in [6, 6.07) is 10.8. The number of hydrogen-bond acceptors (Lipinski definition) is 6. The lowest BCUT2D eigenvalue weighted by Gasteiger charge is -2.27. The number of nitrogens with zero attached hydrogens (tertiary/aromatic N) is 2. The molecule has 0 aliphatic carbocycles. The molecule has 2 amide bonds. The summed E-state index contributed by atoms with van der Waals surface area (Å²) in [5, 5.41) is 19.0. The number of rotatable bonds is 13. The van der Waals surface area contributed by atoms with E-state index >= 15 is 0 Å². The number of aliphatic hydroxyl groups is 1. The Morgan fingerprint density at radius 3 is 2.54 bits per heavy atom. The van der Waals surface area contributed by atoms with E-state index in [0.29, 0.717) is 43.1 Å². The van der Waals surface area contributed by atoms with E-state index in [9.17, 15) is 19.8 Å². The van der Waals surface area contributed by atoms with E-state index in [1.54, 1.807) is 12.1 Å². The van der Waals surface area contributed by atoms with E-state index in [4.69, 9.17) is 15.2 Å². The van der Waals surface area contributed by atoms with Crippen LogP contribution in [0, 0.1) is 0 Å². The molecule has 35 heavy (non-hydrogen) atoms. The lowest BCUT2D eigenvalue weighted by molar-refractivity contribution is 0.0999. The molecular formula is C26H35N3O6. The number of aliphatic hydroxyl groups excluding tert-OH is 1. The maximum absolute atomic E-state index is 12.2. The molecule has 1 unspecified atom stereocenters. The molecule has 190 valence electrons. The number of hydrogen-bond donors (Lipinski definition) is 3. The molecule has 2 aromatic carbocycles. The van der Waals surface area contributed by atoms with Crippen LogP contribution in [0.5, 0.6) is 11.5 Å². The summed E-state index contributed by atoms with van der Waals surface area (Å²) >= 11 is 0. The van der Waals surface area contributed by atoms with Crippen LogP contribution < -0.4 is 20.1 Å². The standard InChI is InChI=1S/C26H35N3O6/c1-3-34-22-7-4-5-8-23(22)35-14-12-29(26(32)33)18(2)15-19-16-20-9-11-28(10-6-13-30)24(20)21(17-19)25(27)31/h4-5,7-8,16-18,30H,3,6,9-15H2,1-2H3,(H2,27,31)(H,32,33). The van der Waals surface area contributed by atoms with Gasteiger partial charge in [0, 0.05) is 25.7 Å². The number of ether oxygens (including phenoxy) is 2. The van der Waals surface area contributed by atoms with Gasteiger partial charge in [-0.25, -0.2) is 4.79 Å². The van der Waals surface area contributed by atoms with Crippen LogP contribution in [-0.2, 0) is 12.8 Å². The molecule has 0 saturated carbocycles. The van der Waals surface area contributed by atoms with Crippen LogP contribution in [0.25, 0.3) is 0 Å². The summed E-state index contributed by atoms with van der Waals surface area (Å²) in [7, 11) is 0. The summed E-state index contributed by atoms with van der Waals surface area (Å²) in [5.74, 6) is 0.681. The summed E-state index contributed by atoms with van der Waals surface area (Å²) in [4.78, 5) is 27.6. The van der Waals surface area contributed by atoms with E-state index in [2.05, 4.69) is 4.90 Å². The topological polar surface area (TPSA) is 126 Å². The summed E-state index contributed by atoms with van der Waals surface area (Å²) in [5.41, 5.74) is 8.86. The Bertz CT molecular complexity index is 1030. The minimum atomic E-state index is -1.04. The molecular weight excluding hydrogens is 450 g/mol. The van der Waals surface area contributed by atoms with Crippen LogP contribution >= 0.6 is 0 Å². The Balaban J connectivity index is 1.70. The van der Waals surface area contributed by atoms with Gasteiger partial charge < -0.3 is 35.2 Å². The van der Waals surface area contributed by atoms with Crippen molar-refractivity contribution >= 4 is 17.7 Å². The monoisotopic (exact) mass is 485 g/mol. The van der Waals surface area contributed by atoms with Crippen molar-refractivity contribution in [3.8, 4) is 11.5 Å². The van der Waals surface area contributed by atoms with Gasteiger partial charge in [0.15, 0.2) is 11.5 Å². The zero-order valence-electron chi connectivity index (χ0n) is 20.4. The Morgan fingerprint density at radius 1 is 1.20 bits per heavy atom. The first kappa shape index (κ1) is 26.2. The molecule has 3 rings (SSSR count). The lowest BCUT2D eigenvalue weighted by Crippen LogP contribution is -2.41. The second-order valence-electron chi connectivity index (χ2n) is 8.59. The van der Waals surface area contributed by atoms with Gasteiger partial charge in [-0.15, -0.1) is 0 Å². The number of carboxylic acid groups (broad SMARTS) is 1. The smallest absolute Gasteiger partial charge is 0.407 e. The van der Waals surface area contributed by atoms with E-state index in [1.807, 2.05) is 38.1 Å². The number of carbonyl (C=O) groups excluding carboxylic acids is 1. The van der Waals surface area contributed by atoms with Crippen molar-refractivity contribution in [3.05, 3.63) is 53.1 Å². The molecule has 9 nitrogen and oxygen atoms in total. The average Bonchev–Trinajstić information content (AvgIpc) is 3.23. The van der Waals surface area contributed by atoms with Crippen molar-refractivity contribution in [2.45, 2.75) is 39.2 Å². The number of fused-ring (bicyclic) bond motifs is 1. The molecule has 1 atom stereocenters. The quantitative estimate of drug-likeness (QED) is 0.398. The third-order valence-corrected chi connectivity index (χ3v) is 6.12. The number of anilines is 1. The molecule has 1 aliphatic rings. The van der Waals surface area contributed by atoms with Crippen LogP contribution in [0.1, 0.15) is 41.8 Å². The number of benzene rings is 2. The van der Waals surface area contributed by atoms with Gasteiger partial charge in [0.2, 0.25) is 0 Å². The van der Waals surface area contributed by atoms with E-state index < -0.39 is 12.0 Å². The Hall–Kier alpha value is -3.46. The number of para-hydroxylation sites is 2. The van der Waals surface area contributed by atoms with Crippen molar-refractivity contribution in [1.82, 2.24) is 4.90 Å². The van der Waals surface area contributed by atoms with Crippen molar-refractivity contribution in [2.24, 2.45) is 5.73 Å². The van der Waals surface area contributed by atoms with Crippen molar-refractivity contribution < 1.29 is 29.3 Å². The van der Waals surface area contributed by atoms with Crippen molar-refractivity contribution in [3.63, 3.8) is 0 Å². The number of nitrogens with two attached hydrogens (primary N) is 1. The molecule has 0 spiro atoms. The molecule has 9 heteroatoms. The van der Waals surface area contributed by atoms with Gasteiger partial charge in [-0.3, -0.25) is 4.79 Å². The highest BCUT2D eigenvalue weighted by molar-refractivity contribution is 6.00. The fourth-order valence-electron chi connectivity index (χ4n) is 4.54. The van der Waals surface area contributed by atoms with Crippen LogP contribution in [0.4, 0.5) is 10.5 Å². The fourth-order valence-corrected chi connectivity index (χ4v) is 4.54. The highest BCUT2D eigenvalue weighted by atomic mass is 16.5. The van der Waals surface area contributed by atoms with Gasteiger partial charge in [0.25, 0.3) is 5.91 Å². The van der Waals surface area contributed by atoms with Gasteiger partial charge in [0.05, 0.1) is 24.4 Å². The Labute approximate surface area is 206 Å². The summed E-state index contributed by atoms with van der Waals surface area (Å²) < 4.78 is 11.4. The first-order chi connectivity index (χ1) is 16.8. The van der Waals surface area contributed by atoms with Crippen LogP contribution in [0.2, 0.25) is 0 Å². The van der Waals surface area contributed by atoms with Crippen LogP contribution in [0.15, 0.2) is 36.4 Å². The van der Waals surface area contributed by atoms with Gasteiger partial charge in [-0.05, 0) is 62.4 Å². The maximum Gasteiger partial charge on any atom is 0.407 e. The molecule has 0 saturated heterocycles. The summed E-state index contributed by atoms with van der Waals surface area (Å²) in [6.07, 6.45) is 0.789. The van der Waals surface area contributed by atoms with Crippen molar-refractivity contribution in [2.75, 3.05) is 44.4 Å². The summed E-state index contributed by atoms with van der Waals surface area (Å²) in [6.45, 7) is 6.09. The van der Waals surface area contributed by atoms with Crippen LogP contribution in [0.3, 0.4) is 0 Å². The lowest BCUT2D eigenvalue weighted by atomic mass is 9.97. The first-order valence-corrected chi connectivity index (χ1v) is 12.0. The molecule has 1 aliphatic heterocycles. The van der Waals surface area contributed by atoms with E-state index in [0.717, 1.165) is 29.8 Å². The van der Waals surface area contributed by atoms with Gasteiger partial charge >= 0.3 is 6.09 Å². The molecule has 4 N–H and O–H groups in total. The second kappa shape index (κ2) is 12.3. The average molecular weight is 486 g/mol. The third kappa shape index (κ3) is 6.57. The Morgan fingerprint density at radius 2 is 1.91 bits per heavy atom. The van der Waals surface area contributed by atoms with Gasteiger partial charge in [-0.1, -0.05) is 18.2 Å². The molecule has 0 fully saturated rings. The van der Waals surface area contributed by atoms with Crippen LogP contribution in [-0.4, -0.2) is 72.6 Å². The molecule has 2 aromatic rings. The van der Waals surface area contributed by atoms with Gasteiger partial charge in [0.1, 0.15) is 6.61 Å². The van der Waals surface area contributed by atoms with E-state index in [1.165, 1.54) is 4.90 Å². The Kier molecular flexibility index (Phi) is 9.19. The minimum Gasteiger partial charge on any atom is -0.490 e. The molecule has 0 bridgehead atoms. The normalized spacial score (nSPS) is 13.3. The maximum atomic E-state index is 12.2. The number of amides is 2. The number of primary amides is 1. The first-order valence-electron chi connectivity index (χ1n) is 12.0. The highest BCUT2D eigenvalue weighted by Gasteiger charge is 2.27. The SMILES string of the molecule is CCOc1ccccc1OCCN(C(=O)O)C(C)Cc1cc2c(c(C(N)=O)c1)N(CCCO)CC2. The predicted octanol–water partition coefficient (Wildman–Crippen LogP) is 2.92. The van der Waals surface area contributed by atoms with Gasteiger partial charge in [-0.2, -0.15) is 0 Å². The van der Waals surface area contributed by atoms with Crippen molar-refractivity contribution in [1.29, 1.82) is 0 Å². The number of carbonyl (C=O) groups is 2. The molecule has 0 aromatic heterocycles. The zero-order chi connectivity index (χ0) is 25.4. The molecule has 0 radical (unpaired) electrons. The second-order valence-corrected chi connectivity index (χ2v) is 8.59. The largest absolute Gasteiger partial charge is 0.490 e. The predicted molar refractivity (Wildman–Crippen MR) is 134 cm³/mol.